The number of carbonyl (C=O) groups is 1. The molecule has 17 heavy (non-hydrogen) atoms. The van der Waals surface area contributed by atoms with Crippen molar-refractivity contribution in [2.45, 2.75) is 50.8 Å². The summed E-state index contributed by atoms with van der Waals surface area (Å²) in [5.41, 5.74) is 0. The van der Waals surface area contributed by atoms with Crippen molar-refractivity contribution in [1.82, 2.24) is 0 Å². The fraction of sp³-hybridized carbons (Fsp3) is 0.909. The minimum absolute atomic E-state index is 0.0592. The van der Waals surface area contributed by atoms with Crippen LogP contribution in [0.5, 0.6) is 0 Å². The van der Waals surface area contributed by atoms with E-state index in [4.69, 9.17) is 9.47 Å². The highest BCUT2D eigenvalue weighted by molar-refractivity contribution is 5.75. The van der Waals surface area contributed by atoms with E-state index in [1.54, 1.807) is 0 Å². The van der Waals surface area contributed by atoms with Crippen LogP contribution in [0.25, 0.3) is 0 Å². The molecule has 0 radical (unpaired) electrons. The highest BCUT2D eigenvalue weighted by Crippen LogP contribution is 2.16. The Morgan fingerprint density at radius 1 is 1.29 bits per heavy atom. The second-order valence-corrected chi connectivity index (χ2v) is 4.28. The van der Waals surface area contributed by atoms with Gasteiger partial charge in [0.1, 0.15) is 24.1 Å². The van der Waals surface area contributed by atoms with Crippen molar-refractivity contribution >= 4 is 5.78 Å². The number of hydrogen-bond donors (Lipinski definition) is 3. The van der Waals surface area contributed by atoms with E-state index in [0.717, 1.165) is 6.42 Å². The molecule has 0 aromatic heterocycles. The number of unbranched alkanes of at least 4 members (excludes halogenated alkanes) is 1. The molecule has 1 aliphatic heterocycles. The van der Waals surface area contributed by atoms with Gasteiger partial charge in [0.15, 0.2) is 6.29 Å². The Bertz CT molecular complexity index is 244. The molecule has 6 nitrogen and oxygen atoms in total. The molecule has 4 atom stereocenters. The van der Waals surface area contributed by atoms with Crippen LogP contribution in [0, 0.1) is 0 Å². The zero-order chi connectivity index (χ0) is 12.8. The van der Waals surface area contributed by atoms with Crippen molar-refractivity contribution in [3.8, 4) is 0 Å². The van der Waals surface area contributed by atoms with Crippen LogP contribution >= 0.6 is 0 Å². The minimum atomic E-state index is -1.24. The summed E-state index contributed by atoms with van der Waals surface area (Å²) >= 11 is 0. The third kappa shape index (κ3) is 4.69. The maximum Gasteiger partial charge on any atom is 0.186 e. The van der Waals surface area contributed by atoms with E-state index in [0.29, 0.717) is 19.4 Å². The molecule has 1 heterocycles. The first-order valence-corrected chi connectivity index (χ1v) is 5.79. The lowest BCUT2D eigenvalue weighted by Gasteiger charge is -2.34. The maximum atomic E-state index is 10.7. The topological polar surface area (TPSA) is 96.2 Å². The van der Waals surface area contributed by atoms with Gasteiger partial charge in [0, 0.05) is 13.0 Å². The zero-order valence-electron chi connectivity index (χ0n) is 9.91. The van der Waals surface area contributed by atoms with Crippen LogP contribution in [-0.2, 0) is 14.3 Å². The number of Topliss-reactive ketones (excluding diaryl/α,β-unsaturated/α-hetero) is 1. The predicted octanol–water partition coefficient (Wildman–Crippen LogP) is -0.799. The van der Waals surface area contributed by atoms with Crippen molar-refractivity contribution < 1.29 is 29.6 Å². The molecule has 0 saturated carbocycles. The Balaban J connectivity index is 2.16. The average Bonchev–Trinajstić information content (AvgIpc) is 2.28. The summed E-state index contributed by atoms with van der Waals surface area (Å²) in [6.45, 7) is 1.82. The molecule has 6 heteroatoms. The van der Waals surface area contributed by atoms with Gasteiger partial charge >= 0.3 is 0 Å². The van der Waals surface area contributed by atoms with E-state index in [9.17, 15) is 20.1 Å². The van der Waals surface area contributed by atoms with Crippen molar-refractivity contribution in [2.75, 3.05) is 13.2 Å². The van der Waals surface area contributed by atoms with Crippen LogP contribution in [0.2, 0.25) is 0 Å². The first-order chi connectivity index (χ1) is 8.02. The molecule has 1 unspecified atom stereocenters. The van der Waals surface area contributed by atoms with Crippen molar-refractivity contribution in [1.29, 1.82) is 0 Å². The minimum Gasteiger partial charge on any atom is -0.388 e. The highest BCUT2D eigenvalue weighted by Gasteiger charge is 2.37. The molecule has 0 amide bonds. The third-order valence-corrected chi connectivity index (χ3v) is 2.66. The quantitative estimate of drug-likeness (QED) is 0.533. The van der Waals surface area contributed by atoms with Gasteiger partial charge in [-0.05, 0) is 19.8 Å². The second-order valence-electron chi connectivity index (χ2n) is 4.28. The first kappa shape index (κ1) is 14.5. The van der Waals surface area contributed by atoms with E-state index >= 15 is 0 Å². The van der Waals surface area contributed by atoms with E-state index in [1.165, 1.54) is 6.92 Å². The van der Waals surface area contributed by atoms with Gasteiger partial charge < -0.3 is 29.6 Å². The van der Waals surface area contributed by atoms with Gasteiger partial charge in [-0.3, -0.25) is 0 Å². The van der Waals surface area contributed by atoms with E-state index < -0.39 is 24.6 Å². The van der Waals surface area contributed by atoms with Crippen LogP contribution in [0.1, 0.15) is 26.2 Å². The zero-order valence-corrected chi connectivity index (χ0v) is 9.91. The lowest BCUT2D eigenvalue weighted by molar-refractivity contribution is -0.270. The fourth-order valence-corrected chi connectivity index (χ4v) is 1.60. The maximum absolute atomic E-state index is 10.7. The number of rotatable bonds is 6. The molecule has 1 saturated heterocycles. The summed E-state index contributed by atoms with van der Waals surface area (Å²) < 4.78 is 10.3. The van der Waals surface area contributed by atoms with E-state index in [-0.39, 0.29) is 12.4 Å². The number of ether oxygens (including phenoxy) is 2. The Morgan fingerprint density at radius 3 is 2.65 bits per heavy atom. The Kier molecular flexibility index (Phi) is 6.01. The molecule has 0 aliphatic carbocycles. The third-order valence-electron chi connectivity index (χ3n) is 2.66. The van der Waals surface area contributed by atoms with Crippen molar-refractivity contribution in [3.05, 3.63) is 0 Å². The summed E-state index contributed by atoms with van der Waals surface area (Å²) in [7, 11) is 0. The molecule has 1 rings (SSSR count). The molecule has 1 fully saturated rings. The molecule has 0 aromatic rings. The van der Waals surface area contributed by atoms with Crippen LogP contribution < -0.4 is 0 Å². The molecule has 3 N–H and O–H groups in total. The van der Waals surface area contributed by atoms with Crippen LogP contribution in [0.15, 0.2) is 0 Å². The molecule has 0 aromatic carbocycles. The smallest absolute Gasteiger partial charge is 0.186 e. The molecular weight excluding hydrogens is 228 g/mol. The fourth-order valence-electron chi connectivity index (χ4n) is 1.60. The average molecular weight is 248 g/mol. The molecule has 0 bridgehead atoms. The number of carbonyl (C=O) groups excluding carboxylic acids is 1. The summed E-state index contributed by atoms with van der Waals surface area (Å²) in [4.78, 5) is 10.7. The standard InChI is InChI=1S/C11H20O6/c1-7(12)4-2-3-5-16-11-10(15)9(14)8(13)6-17-11/h8-11,13-15H,2-6H2,1H3/t8-,9?,10+,11-/m1/s1. The normalized spacial score (nSPS) is 33.6. The largest absolute Gasteiger partial charge is 0.388 e. The molecule has 1 aliphatic rings. The monoisotopic (exact) mass is 248 g/mol. The number of ketones is 1. The summed E-state index contributed by atoms with van der Waals surface area (Å²) in [6.07, 6.45) is -2.56. The molecule has 0 spiro atoms. The van der Waals surface area contributed by atoms with Crippen LogP contribution in [0.3, 0.4) is 0 Å². The van der Waals surface area contributed by atoms with Gasteiger partial charge in [-0.15, -0.1) is 0 Å². The Labute approximate surface area is 100 Å². The Morgan fingerprint density at radius 2 is 2.00 bits per heavy atom. The summed E-state index contributed by atoms with van der Waals surface area (Å²) in [6, 6.07) is 0. The van der Waals surface area contributed by atoms with E-state index in [1.807, 2.05) is 0 Å². The van der Waals surface area contributed by atoms with Crippen LogP contribution in [0.4, 0.5) is 0 Å². The van der Waals surface area contributed by atoms with Gasteiger partial charge in [-0.25, -0.2) is 0 Å². The van der Waals surface area contributed by atoms with Gasteiger partial charge in [0.2, 0.25) is 0 Å². The van der Waals surface area contributed by atoms with Crippen molar-refractivity contribution in [2.24, 2.45) is 0 Å². The SMILES string of the molecule is CC(=O)CCCCO[C@@H]1OC[C@@H](O)C(O)[C@@H]1O. The Hall–Kier alpha value is -0.530. The summed E-state index contributed by atoms with van der Waals surface area (Å²) in [5, 5.41) is 28.1. The van der Waals surface area contributed by atoms with Crippen molar-refractivity contribution in [3.63, 3.8) is 0 Å². The predicted molar refractivity (Wildman–Crippen MR) is 58.2 cm³/mol. The molecule has 100 valence electrons. The number of aliphatic hydroxyl groups excluding tert-OH is 3. The summed E-state index contributed by atoms with van der Waals surface area (Å²) in [5.74, 6) is 0.137. The van der Waals surface area contributed by atoms with E-state index in [2.05, 4.69) is 0 Å². The first-order valence-electron chi connectivity index (χ1n) is 5.79. The van der Waals surface area contributed by atoms with Gasteiger partial charge in [0.05, 0.1) is 6.61 Å². The number of hydrogen-bond acceptors (Lipinski definition) is 6. The van der Waals surface area contributed by atoms with Crippen LogP contribution in [-0.4, -0.2) is 58.9 Å². The second kappa shape index (κ2) is 7.03. The van der Waals surface area contributed by atoms with Gasteiger partial charge in [-0.1, -0.05) is 0 Å². The lowest BCUT2D eigenvalue weighted by atomic mass is 10.1. The lowest BCUT2D eigenvalue weighted by Crippen LogP contribution is -2.53. The molecular formula is C11H20O6. The number of aliphatic hydroxyl groups is 3. The highest BCUT2D eigenvalue weighted by atomic mass is 16.7. The van der Waals surface area contributed by atoms with Gasteiger partial charge in [-0.2, -0.15) is 0 Å². The van der Waals surface area contributed by atoms with Gasteiger partial charge in [0.25, 0.3) is 0 Å².